The number of benzene rings is 2. The number of amides is 1. The van der Waals surface area contributed by atoms with Gasteiger partial charge in [-0.2, -0.15) is 0 Å². The molecule has 0 aromatic heterocycles. The highest BCUT2D eigenvalue weighted by Crippen LogP contribution is 2.26. The van der Waals surface area contributed by atoms with E-state index in [4.69, 9.17) is 4.74 Å². The molecule has 0 saturated carbocycles. The molecular formula is C14H12FNO3. The van der Waals surface area contributed by atoms with E-state index in [1.165, 1.54) is 19.2 Å². The van der Waals surface area contributed by atoms with Crippen LogP contribution in [0, 0.1) is 5.82 Å². The van der Waals surface area contributed by atoms with Gasteiger partial charge in [-0.1, -0.05) is 18.2 Å². The zero-order valence-corrected chi connectivity index (χ0v) is 10.2. The van der Waals surface area contributed by atoms with E-state index in [0.717, 1.165) is 6.07 Å². The van der Waals surface area contributed by atoms with Crippen LogP contribution in [0.2, 0.25) is 0 Å². The third kappa shape index (κ3) is 2.65. The molecule has 0 saturated heterocycles. The number of phenolic OH excluding ortho intramolecular Hbond substituents is 1. The number of methoxy groups -OCH3 is 1. The van der Waals surface area contributed by atoms with Crippen molar-refractivity contribution < 1.29 is 19.0 Å². The van der Waals surface area contributed by atoms with Crippen LogP contribution < -0.4 is 10.1 Å². The monoisotopic (exact) mass is 261 g/mol. The van der Waals surface area contributed by atoms with E-state index in [1.807, 2.05) is 0 Å². The number of anilines is 1. The van der Waals surface area contributed by atoms with Crippen LogP contribution >= 0.6 is 0 Å². The first-order chi connectivity index (χ1) is 9.13. The number of phenols is 1. The second-order valence-corrected chi connectivity index (χ2v) is 3.79. The Balaban J connectivity index is 2.31. The van der Waals surface area contributed by atoms with Crippen LogP contribution in [0.4, 0.5) is 10.1 Å². The second kappa shape index (κ2) is 5.39. The fourth-order valence-electron chi connectivity index (χ4n) is 1.67. The quantitative estimate of drug-likeness (QED) is 0.893. The van der Waals surface area contributed by atoms with Crippen molar-refractivity contribution in [2.75, 3.05) is 12.4 Å². The summed E-state index contributed by atoms with van der Waals surface area (Å²) >= 11 is 0. The van der Waals surface area contributed by atoms with Gasteiger partial charge in [-0.3, -0.25) is 4.79 Å². The van der Waals surface area contributed by atoms with Gasteiger partial charge in [0.2, 0.25) is 0 Å². The highest BCUT2D eigenvalue weighted by atomic mass is 19.1. The Morgan fingerprint density at radius 2 is 1.95 bits per heavy atom. The second-order valence-electron chi connectivity index (χ2n) is 3.79. The van der Waals surface area contributed by atoms with Gasteiger partial charge in [-0.05, 0) is 24.3 Å². The van der Waals surface area contributed by atoms with Gasteiger partial charge >= 0.3 is 0 Å². The lowest BCUT2D eigenvalue weighted by atomic mass is 10.1. The van der Waals surface area contributed by atoms with Crippen molar-refractivity contribution in [1.29, 1.82) is 0 Å². The minimum absolute atomic E-state index is 0.395. The molecule has 2 aromatic rings. The zero-order chi connectivity index (χ0) is 13.8. The summed E-state index contributed by atoms with van der Waals surface area (Å²) in [6, 6.07) is 10.4. The first-order valence-corrected chi connectivity index (χ1v) is 5.55. The number of nitrogens with one attached hydrogen (secondary N) is 1. The summed E-state index contributed by atoms with van der Waals surface area (Å²) in [5.41, 5.74) is 0.00561. The maximum Gasteiger partial charge on any atom is 0.262 e. The number of ether oxygens (including phenoxy) is 1. The molecule has 0 fully saturated rings. The van der Waals surface area contributed by atoms with Crippen molar-refractivity contribution in [2.24, 2.45) is 0 Å². The van der Waals surface area contributed by atoms with Crippen molar-refractivity contribution in [2.45, 2.75) is 0 Å². The molecule has 0 heterocycles. The summed E-state index contributed by atoms with van der Waals surface area (Å²) in [5, 5.41) is 12.0. The molecule has 0 unspecified atom stereocenters. The molecule has 0 spiro atoms. The molecule has 5 heteroatoms. The maximum absolute atomic E-state index is 13.5. The fraction of sp³-hybridized carbons (Fsp3) is 0.0714. The van der Waals surface area contributed by atoms with Crippen LogP contribution in [-0.2, 0) is 0 Å². The van der Waals surface area contributed by atoms with Crippen LogP contribution in [0.15, 0.2) is 42.5 Å². The highest BCUT2D eigenvalue weighted by molar-refractivity contribution is 6.06. The summed E-state index contributed by atoms with van der Waals surface area (Å²) in [4.78, 5) is 12.0. The molecule has 0 aliphatic heterocycles. The molecule has 0 aliphatic carbocycles. The molecule has 0 bridgehead atoms. The molecule has 0 radical (unpaired) electrons. The van der Waals surface area contributed by atoms with E-state index < -0.39 is 23.0 Å². The number of halogens is 1. The minimum Gasteiger partial charge on any atom is -0.507 e. The van der Waals surface area contributed by atoms with Crippen LogP contribution in [0.25, 0.3) is 0 Å². The Hall–Kier alpha value is -2.56. The lowest BCUT2D eigenvalue weighted by Gasteiger charge is -2.10. The van der Waals surface area contributed by atoms with Gasteiger partial charge in [0.25, 0.3) is 5.91 Å². The van der Waals surface area contributed by atoms with Gasteiger partial charge in [0, 0.05) is 0 Å². The molecule has 0 atom stereocenters. The number of carbonyl (C=O) groups excluding carboxylic acids is 1. The first kappa shape index (κ1) is 12.9. The van der Waals surface area contributed by atoms with Gasteiger partial charge < -0.3 is 15.2 Å². The zero-order valence-electron chi connectivity index (χ0n) is 10.2. The predicted octanol–water partition coefficient (Wildman–Crippen LogP) is 2.79. The topological polar surface area (TPSA) is 58.6 Å². The van der Waals surface area contributed by atoms with Crippen molar-refractivity contribution in [3.05, 3.63) is 53.8 Å². The van der Waals surface area contributed by atoms with Gasteiger partial charge in [-0.15, -0.1) is 0 Å². The standard InChI is InChI=1S/C14H12FNO3/c1-19-12-8-3-2-6-10(12)16-14(18)13-9(15)5-4-7-11(13)17/h2-8,17H,1H3,(H,16,18). The fourth-order valence-corrected chi connectivity index (χ4v) is 1.67. The van der Waals surface area contributed by atoms with E-state index in [0.29, 0.717) is 11.4 Å². The third-order valence-electron chi connectivity index (χ3n) is 2.57. The maximum atomic E-state index is 13.5. The van der Waals surface area contributed by atoms with E-state index in [-0.39, 0.29) is 0 Å². The van der Waals surface area contributed by atoms with E-state index in [2.05, 4.69) is 5.32 Å². The van der Waals surface area contributed by atoms with Gasteiger partial charge in [-0.25, -0.2) is 4.39 Å². The van der Waals surface area contributed by atoms with Crippen molar-refractivity contribution in [3.8, 4) is 11.5 Å². The van der Waals surface area contributed by atoms with E-state index in [1.54, 1.807) is 24.3 Å². The Morgan fingerprint density at radius 3 is 2.63 bits per heavy atom. The molecule has 1 amide bonds. The number of carbonyl (C=O) groups is 1. The average molecular weight is 261 g/mol. The number of aromatic hydroxyl groups is 1. The Morgan fingerprint density at radius 1 is 1.21 bits per heavy atom. The Labute approximate surface area is 109 Å². The molecule has 2 aromatic carbocycles. The summed E-state index contributed by atoms with van der Waals surface area (Å²) < 4.78 is 18.6. The molecule has 0 aliphatic rings. The lowest BCUT2D eigenvalue weighted by molar-refractivity contribution is 0.102. The average Bonchev–Trinajstić information content (AvgIpc) is 2.39. The predicted molar refractivity (Wildman–Crippen MR) is 69.0 cm³/mol. The highest BCUT2D eigenvalue weighted by Gasteiger charge is 2.17. The van der Waals surface area contributed by atoms with Crippen LogP contribution in [0.3, 0.4) is 0 Å². The summed E-state index contributed by atoms with van der Waals surface area (Å²) in [6.07, 6.45) is 0. The Kier molecular flexibility index (Phi) is 3.66. The van der Waals surface area contributed by atoms with Gasteiger partial charge in [0.05, 0.1) is 12.8 Å². The van der Waals surface area contributed by atoms with E-state index in [9.17, 15) is 14.3 Å². The third-order valence-corrected chi connectivity index (χ3v) is 2.57. The van der Waals surface area contributed by atoms with Crippen LogP contribution in [0.5, 0.6) is 11.5 Å². The first-order valence-electron chi connectivity index (χ1n) is 5.55. The van der Waals surface area contributed by atoms with Gasteiger partial charge in [0.1, 0.15) is 22.9 Å². The summed E-state index contributed by atoms with van der Waals surface area (Å²) in [6.45, 7) is 0. The normalized spacial score (nSPS) is 10.0. The summed E-state index contributed by atoms with van der Waals surface area (Å²) in [5.74, 6) is -1.48. The molecule has 19 heavy (non-hydrogen) atoms. The Bertz CT molecular complexity index is 593. The summed E-state index contributed by atoms with van der Waals surface area (Å²) in [7, 11) is 1.46. The molecule has 98 valence electrons. The smallest absolute Gasteiger partial charge is 0.262 e. The molecule has 2 rings (SSSR count). The van der Waals surface area contributed by atoms with Crippen LogP contribution in [0.1, 0.15) is 10.4 Å². The largest absolute Gasteiger partial charge is 0.507 e. The van der Waals surface area contributed by atoms with Crippen molar-refractivity contribution in [3.63, 3.8) is 0 Å². The van der Waals surface area contributed by atoms with Crippen molar-refractivity contribution in [1.82, 2.24) is 0 Å². The van der Waals surface area contributed by atoms with Crippen LogP contribution in [-0.4, -0.2) is 18.1 Å². The number of rotatable bonds is 3. The molecular weight excluding hydrogens is 249 g/mol. The number of hydrogen-bond acceptors (Lipinski definition) is 3. The number of hydrogen-bond donors (Lipinski definition) is 2. The number of para-hydroxylation sites is 2. The van der Waals surface area contributed by atoms with E-state index >= 15 is 0 Å². The minimum atomic E-state index is -0.785. The molecule has 4 nitrogen and oxygen atoms in total. The molecule has 2 N–H and O–H groups in total. The lowest BCUT2D eigenvalue weighted by Crippen LogP contribution is -2.14. The van der Waals surface area contributed by atoms with Crippen molar-refractivity contribution >= 4 is 11.6 Å². The van der Waals surface area contributed by atoms with Gasteiger partial charge in [0.15, 0.2) is 0 Å². The SMILES string of the molecule is COc1ccccc1NC(=O)c1c(O)cccc1F.